The van der Waals surface area contributed by atoms with E-state index in [0.29, 0.717) is 0 Å². The van der Waals surface area contributed by atoms with Crippen molar-refractivity contribution >= 4 is 16.9 Å². The summed E-state index contributed by atoms with van der Waals surface area (Å²) in [7, 11) is 0. The predicted octanol–water partition coefficient (Wildman–Crippen LogP) is 3.65. The van der Waals surface area contributed by atoms with Gasteiger partial charge in [0, 0.05) is 6.20 Å². The molecule has 0 amide bonds. The van der Waals surface area contributed by atoms with Gasteiger partial charge >= 0.3 is 0 Å². The minimum atomic E-state index is -0.0375. The number of pyridine rings is 1. The molecule has 4 aromatic rings. The van der Waals surface area contributed by atoms with Crippen LogP contribution in [0.2, 0.25) is 0 Å². The second-order valence-corrected chi connectivity index (χ2v) is 6.58. The maximum atomic E-state index is 9.93. The molecule has 1 N–H and O–H groups in total. The quantitative estimate of drug-likeness (QED) is 0.622. The smallest absolute Gasteiger partial charge is 0.221 e. The summed E-state index contributed by atoms with van der Waals surface area (Å²) < 4.78 is 4.16. The van der Waals surface area contributed by atoms with Gasteiger partial charge in [0.15, 0.2) is 5.65 Å². The number of imidazole rings is 2. The van der Waals surface area contributed by atoms with E-state index in [-0.39, 0.29) is 6.61 Å². The Balaban J connectivity index is 2.22. The molecule has 0 aliphatic carbocycles. The third-order valence-corrected chi connectivity index (χ3v) is 4.80. The molecular weight excluding hydrogens is 312 g/mol. The highest BCUT2D eigenvalue weighted by atomic mass is 16.3. The summed E-state index contributed by atoms with van der Waals surface area (Å²) >= 11 is 0. The Bertz CT molecular complexity index is 1080. The Kier molecular flexibility index (Phi) is 3.62. The second-order valence-electron chi connectivity index (χ2n) is 6.58. The zero-order chi connectivity index (χ0) is 17.7. The Morgan fingerprint density at radius 3 is 2.48 bits per heavy atom. The molecule has 1 aromatic carbocycles. The van der Waals surface area contributed by atoms with Crippen molar-refractivity contribution in [1.82, 2.24) is 18.9 Å². The number of rotatable bonds is 3. The van der Waals surface area contributed by atoms with E-state index in [1.54, 1.807) is 6.20 Å². The van der Waals surface area contributed by atoms with Crippen LogP contribution in [0.1, 0.15) is 35.0 Å². The van der Waals surface area contributed by atoms with Gasteiger partial charge in [-0.1, -0.05) is 24.6 Å². The molecule has 0 fully saturated rings. The van der Waals surface area contributed by atoms with Crippen molar-refractivity contribution in [2.45, 2.75) is 40.7 Å². The van der Waals surface area contributed by atoms with Gasteiger partial charge in [0.05, 0.1) is 29.2 Å². The topological polar surface area (TPSA) is 55.4 Å². The van der Waals surface area contributed by atoms with Gasteiger partial charge in [0.25, 0.3) is 0 Å². The molecular formula is C20H22N4O. The van der Waals surface area contributed by atoms with Crippen LogP contribution in [0.3, 0.4) is 0 Å². The van der Waals surface area contributed by atoms with Crippen LogP contribution in [-0.4, -0.2) is 24.0 Å². The largest absolute Gasteiger partial charge is 0.390 e. The van der Waals surface area contributed by atoms with Gasteiger partial charge in [-0.15, -0.1) is 0 Å². The number of fused-ring (bicyclic) bond motifs is 3. The third-order valence-electron chi connectivity index (χ3n) is 4.80. The number of aryl methyl sites for hydroxylation is 4. The summed E-state index contributed by atoms with van der Waals surface area (Å²) in [4.78, 5) is 9.47. The van der Waals surface area contributed by atoms with E-state index in [1.807, 2.05) is 16.5 Å². The van der Waals surface area contributed by atoms with Gasteiger partial charge in [0.2, 0.25) is 5.78 Å². The Morgan fingerprint density at radius 1 is 1.12 bits per heavy atom. The zero-order valence-electron chi connectivity index (χ0n) is 15.0. The van der Waals surface area contributed by atoms with E-state index < -0.39 is 0 Å². The molecule has 0 bridgehead atoms. The van der Waals surface area contributed by atoms with Crippen molar-refractivity contribution in [3.05, 3.63) is 58.5 Å². The molecule has 0 atom stereocenters. The van der Waals surface area contributed by atoms with E-state index in [9.17, 15) is 5.11 Å². The first kappa shape index (κ1) is 15.8. The van der Waals surface area contributed by atoms with Crippen molar-refractivity contribution < 1.29 is 5.11 Å². The van der Waals surface area contributed by atoms with E-state index in [4.69, 9.17) is 4.98 Å². The highest BCUT2D eigenvalue weighted by Gasteiger charge is 2.22. The van der Waals surface area contributed by atoms with Crippen molar-refractivity contribution in [1.29, 1.82) is 0 Å². The average molecular weight is 334 g/mol. The first-order chi connectivity index (χ1) is 12.1. The first-order valence-corrected chi connectivity index (χ1v) is 8.61. The average Bonchev–Trinajstić information content (AvgIpc) is 3.09. The van der Waals surface area contributed by atoms with E-state index in [1.165, 1.54) is 16.7 Å². The molecule has 0 radical (unpaired) electrons. The lowest BCUT2D eigenvalue weighted by Gasteiger charge is -2.13. The minimum absolute atomic E-state index is 0.0375. The molecule has 0 aliphatic rings. The molecule has 5 nitrogen and oxygen atoms in total. The normalized spacial score (nSPS) is 11.7. The molecule has 3 heterocycles. The molecule has 5 heteroatoms. The van der Waals surface area contributed by atoms with Crippen LogP contribution in [-0.2, 0) is 13.0 Å². The van der Waals surface area contributed by atoms with Crippen LogP contribution < -0.4 is 0 Å². The fourth-order valence-electron chi connectivity index (χ4n) is 3.89. The van der Waals surface area contributed by atoms with Gasteiger partial charge in [-0.05, 0) is 50.5 Å². The van der Waals surface area contributed by atoms with Crippen molar-refractivity contribution in [2.75, 3.05) is 0 Å². The number of hydrogen-bond acceptors (Lipinski definition) is 3. The van der Waals surface area contributed by atoms with Crippen LogP contribution in [0.5, 0.6) is 0 Å². The number of aliphatic hydroxyl groups excluding tert-OH is 1. The summed E-state index contributed by atoms with van der Waals surface area (Å²) in [5.74, 6) is 0.810. The molecule has 0 unspecified atom stereocenters. The zero-order valence-corrected chi connectivity index (χ0v) is 15.0. The van der Waals surface area contributed by atoms with E-state index >= 15 is 0 Å². The van der Waals surface area contributed by atoms with Crippen LogP contribution in [0, 0.1) is 20.8 Å². The Morgan fingerprint density at radius 2 is 1.84 bits per heavy atom. The lowest BCUT2D eigenvalue weighted by Crippen LogP contribution is -2.02. The number of aliphatic hydroxyl groups is 1. The number of aromatic nitrogens is 4. The van der Waals surface area contributed by atoms with Gasteiger partial charge in [0.1, 0.15) is 0 Å². The SMILES string of the molecule is CCc1nc2n(-c3c(C)cc(C)cc3C)c3ncccc3n2c1CO. The molecule has 128 valence electrons. The number of hydrogen-bond donors (Lipinski definition) is 1. The van der Waals surface area contributed by atoms with Crippen molar-refractivity contribution in [2.24, 2.45) is 0 Å². The summed E-state index contributed by atoms with van der Waals surface area (Å²) in [6.07, 6.45) is 2.58. The maximum absolute atomic E-state index is 9.93. The molecule has 0 saturated carbocycles. The van der Waals surface area contributed by atoms with Gasteiger partial charge < -0.3 is 5.11 Å². The fraction of sp³-hybridized carbons (Fsp3) is 0.300. The molecule has 4 rings (SSSR count). The minimum Gasteiger partial charge on any atom is -0.390 e. The van der Waals surface area contributed by atoms with Crippen LogP contribution in [0.25, 0.3) is 22.6 Å². The highest BCUT2D eigenvalue weighted by Crippen LogP contribution is 2.30. The van der Waals surface area contributed by atoms with Crippen LogP contribution >= 0.6 is 0 Å². The molecule has 0 spiro atoms. The van der Waals surface area contributed by atoms with Crippen molar-refractivity contribution in [3.63, 3.8) is 0 Å². The van der Waals surface area contributed by atoms with Crippen molar-refractivity contribution in [3.8, 4) is 5.69 Å². The number of benzene rings is 1. The third kappa shape index (κ3) is 2.19. The maximum Gasteiger partial charge on any atom is 0.221 e. The summed E-state index contributed by atoms with van der Waals surface area (Å²) in [6.45, 7) is 8.38. The van der Waals surface area contributed by atoms with E-state index in [0.717, 1.165) is 40.4 Å². The Hall–Kier alpha value is -2.66. The molecule has 0 aliphatic heterocycles. The summed E-state index contributed by atoms with van der Waals surface area (Å²) in [5, 5.41) is 9.93. The first-order valence-electron chi connectivity index (χ1n) is 8.61. The fourth-order valence-corrected chi connectivity index (χ4v) is 3.89. The Labute approximate surface area is 146 Å². The van der Waals surface area contributed by atoms with Gasteiger partial charge in [-0.3, -0.25) is 8.97 Å². The summed E-state index contributed by atoms with van der Waals surface area (Å²) in [5.41, 5.74) is 8.33. The summed E-state index contributed by atoms with van der Waals surface area (Å²) in [6, 6.07) is 8.33. The van der Waals surface area contributed by atoms with Crippen LogP contribution in [0.15, 0.2) is 30.5 Å². The van der Waals surface area contributed by atoms with Gasteiger partial charge in [-0.2, -0.15) is 0 Å². The standard InChI is InChI=1S/C20H22N4O/c1-5-15-17(11-25)23-16-7-6-8-21-19(16)24(20(23)22-15)18-13(3)9-12(2)10-14(18)4/h6-10,25H,5,11H2,1-4H3. The molecule has 3 aromatic heterocycles. The van der Waals surface area contributed by atoms with E-state index in [2.05, 4.69) is 49.4 Å². The number of nitrogens with zero attached hydrogens (tertiary/aromatic N) is 4. The van der Waals surface area contributed by atoms with Crippen LogP contribution in [0.4, 0.5) is 0 Å². The lowest BCUT2D eigenvalue weighted by atomic mass is 10.1. The highest BCUT2D eigenvalue weighted by molar-refractivity contribution is 5.81. The second kappa shape index (κ2) is 5.70. The predicted molar refractivity (Wildman–Crippen MR) is 99.3 cm³/mol. The monoisotopic (exact) mass is 334 g/mol. The molecule has 0 saturated heterocycles. The molecule has 25 heavy (non-hydrogen) atoms. The lowest BCUT2D eigenvalue weighted by molar-refractivity contribution is 0.275. The van der Waals surface area contributed by atoms with Gasteiger partial charge in [-0.25, -0.2) is 9.97 Å².